The Kier molecular flexibility index (Phi) is 5.27. The van der Waals surface area contributed by atoms with E-state index in [1.807, 2.05) is 0 Å². The third kappa shape index (κ3) is 3.30. The van der Waals surface area contributed by atoms with Crippen molar-refractivity contribution >= 4 is 16.5 Å². The standard InChI is InChI=1S/C17H20N4O4S/c1-5-6-10-14(26-17(18)19-10)16-20-15(21-25-16)9-7-11(22-2)13(24-4)12(8-9)23-3/h7-8H,5-6H2,1-4H3,(H2,18,19). The summed E-state index contributed by atoms with van der Waals surface area (Å²) in [6.45, 7) is 2.08. The van der Waals surface area contributed by atoms with Crippen LogP contribution in [0, 0.1) is 0 Å². The minimum absolute atomic E-state index is 0.395. The molecule has 3 rings (SSSR count). The second-order valence-electron chi connectivity index (χ2n) is 5.42. The van der Waals surface area contributed by atoms with Gasteiger partial charge >= 0.3 is 0 Å². The van der Waals surface area contributed by atoms with Crippen molar-refractivity contribution in [2.75, 3.05) is 27.1 Å². The number of benzene rings is 1. The van der Waals surface area contributed by atoms with Gasteiger partial charge in [0.15, 0.2) is 16.6 Å². The number of rotatable bonds is 7. The maximum absolute atomic E-state index is 5.84. The molecule has 0 atom stereocenters. The van der Waals surface area contributed by atoms with Crippen LogP contribution in [0.1, 0.15) is 19.0 Å². The summed E-state index contributed by atoms with van der Waals surface area (Å²) < 4.78 is 21.5. The molecule has 2 aromatic heterocycles. The van der Waals surface area contributed by atoms with Crippen molar-refractivity contribution in [2.45, 2.75) is 19.8 Å². The van der Waals surface area contributed by atoms with Crippen molar-refractivity contribution in [3.8, 4) is 39.4 Å². The Hall–Kier alpha value is -2.81. The number of thiazole rings is 1. The van der Waals surface area contributed by atoms with Crippen LogP contribution in [-0.2, 0) is 6.42 Å². The lowest BCUT2D eigenvalue weighted by molar-refractivity contribution is 0.324. The quantitative estimate of drug-likeness (QED) is 0.668. The Morgan fingerprint density at radius 1 is 1.08 bits per heavy atom. The fraction of sp³-hybridized carbons (Fsp3) is 0.353. The Bertz CT molecular complexity index is 881. The van der Waals surface area contributed by atoms with Crippen LogP contribution in [0.15, 0.2) is 16.7 Å². The van der Waals surface area contributed by atoms with E-state index in [1.54, 1.807) is 33.5 Å². The molecule has 0 bridgehead atoms. The SMILES string of the molecule is CCCc1nc(N)sc1-c1nc(-c2cc(OC)c(OC)c(OC)c2)no1. The van der Waals surface area contributed by atoms with Crippen LogP contribution in [0.2, 0.25) is 0 Å². The third-order valence-electron chi connectivity index (χ3n) is 3.74. The number of anilines is 1. The van der Waals surface area contributed by atoms with Gasteiger partial charge in [-0.1, -0.05) is 29.8 Å². The number of methoxy groups -OCH3 is 3. The number of aromatic nitrogens is 3. The predicted octanol–water partition coefficient (Wildman–Crippen LogP) is 3.42. The lowest BCUT2D eigenvalue weighted by Gasteiger charge is -2.12. The van der Waals surface area contributed by atoms with Crippen molar-refractivity contribution in [1.29, 1.82) is 0 Å². The van der Waals surface area contributed by atoms with Crippen molar-refractivity contribution in [3.05, 3.63) is 17.8 Å². The van der Waals surface area contributed by atoms with Gasteiger partial charge in [0.25, 0.3) is 5.89 Å². The predicted molar refractivity (Wildman–Crippen MR) is 98.9 cm³/mol. The summed E-state index contributed by atoms with van der Waals surface area (Å²) in [4.78, 5) is 9.65. The molecule has 0 aliphatic heterocycles. The van der Waals surface area contributed by atoms with Gasteiger partial charge in [0.2, 0.25) is 11.6 Å². The van der Waals surface area contributed by atoms with Crippen molar-refractivity contribution in [3.63, 3.8) is 0 Å². The number of ether oxygens (including phenoxy) is 3. The van der Waals surface area contributed by atoms with Crippen molar-refractivity contribution < 1.29 is 18.7 Å². The third-order valence-corrected chi connectivity index (χ3v) is 4.66. The Morgan fingerprint density at radius 3 is 2.35 bits per heavy atom. The molecule has 0 amide bonds. The maximum Gasteiger partial charge on any atom is 0.270 e. The van der Waals surface area contributed by atoms with Crippen LogP contribution in [0.25, 0.3) is 22.2 Å². The summed E-state index contributed by atoms with van der Waals surface area (Å²) in [7, 11) is 4.66. The van der Waals surface area contributed by atoms with Gasteiger partial charge < -0.3 is 24.5 Å². The molecular formula is C17H20N4O4S. The largest absolute Gasteiger partial charge is 0.493 e. The topological polar surface area (TPSA) is 106 Å². The number of nitrogens with zero attached hydrogens (tertiary/aromatic N) is 3. The molecule has 26 heavy (non-hydrogen) atoms. The molecule has 0 spiro atoms. The molecule has 0 fully saturated rings. The fourth-order valence-corrected chi connectivity index (χ4v) is 3.39. The van der Waals surface area contributed by atoms with Gasteiger partial charge in [0.05, 0.1) is 27.0 Å². The normalized spacial score (nSPS) is 10.8. The molecule has 8 nitrogen and oxygen atoms in total. The van der Waals surface area contributed by atoms with Crippen LogP contribution in [0.4, 0.5) is 5.13 Å². The van der Waals surface area contributed by atoms with Gasteiger partial charge in [-0.05, 0) is 18.6 Å². The molecule has 0 unspecified atom stereocenters. The second-order valence-corrected chi connectivity index (χ2v) is 6.45. The number of nitrogens with two attached hydrogens (primary N) is 1. The minimum atomic E-state index is 0.395. The summed E-state index contributed by atoms with van der Waals surface area (Å²) in [6.07, 6.45) is 1.75. The zero-order chi connectivity index (χ0) is 18.7. The maximum atomic E-state index is 5.84. The number of hydrogen-bond donors (Lipinski definition) is 1. The molecular weight excluding hydrogens is 356 g/mol. The van der Waals surface area contributed by atoms with E-state index < -0.39 is 0 Å². The van der Waals surface area contributed by atoms with E-state index in [-0.39, 0.29) is 0 Å². The molecule has 138 valence electrons. The van der Waals surface area contributed by atoms with E-state index in [4.69, 9.17) is 24.5 Å². The first-order chi connectivity index (χ1) is 12.6. The molecule has 0 saturated heterocycles. The molecule has 0 saturated carbocycles. The van der Waals surface area contributed by atoms with Gasteiger partial charge in [0.1, 0.15) is 4.88 Å². The van der Waals surface area contributed by atoms with E-state index in [2.05, 4.69) is 22.0 Å². The first-order valence-electron chi connectivity index (χ1n) is 8.00. The summed E-state index contributed by atoms with van der Waals surface area (Å²) in [5.74, 6) is 2.34. The number of nitrogen functional groups attached to an aromatic ring is 1. The Balaban J connectivity index is 2.03. The van der Waals surface area contributed by atoms with E-state index in [0.29, 0.717) is 39.7 Å². The zero-order valence-electron chi connectivity index (χ0n) is 15.0. The van der Waals surface area contributed by atoms with Gasteiger partial charge in [-0.25, -0.2) is 4.98 Å². The lowest BCUT2D eigenvalue weighted by atomic mass is 10.1. The van der Waals surface area contributed by atoms with Crippen molar-refractivity contribution in [1.82, 2.24) is 15.1 Å². The highest BCUT2D eigenvalue weighted by atomic mass is 32.1. The summed E-state index contributed by atoms with van der Waals surface area (Å²) in [5.41, 5.74) is 7.40. The smallest absolute Gasteiger partial charge is 0.270 e. The molecule has 0 aliphatic carbocycles. The van der Waals surface area contributed by atoms with E-state index in [1.165, 1.54) is 11.3 Å². The number of aryl methyl sites for hydroxylation is 1. The van der Waals surface area contributed by atoms with Crippen LogP contribution in [0.5, 0.6) is 17.2 Å². The summed E-state index contributed by atoms with van der Waals surface area (Å²) in [6, 6.07) is 3.54. The van der Waals surface area contributed by atoms with Crippen molar-refractivity contribution in [2.24, 2.45) is 0 Å². The lowest BCUT2D eigenvalue weighted by Crippen LogP contribution is -1.96. The number of hydrogen-bond acceptors (Lipinski definition) is 9. The van der Waals surface area contributed by atoms with E-state index in [0.717, 1.165) is 23.4 Å². The highest BCUT2D eigenvalue weighted by Crippen LogP contribution is 2.41. The zero-order valence-corrected chi connectivity index (χ0v) is 15.8. The summed E-state index contributed by atoms with van der Waals surface area (Å²) in [5, 5.41) is 4.56. The molecule has 2 N–H and O–H groups in total. The molecule has 9 heteroatoms. The second kappa shape index (κ2) is 7.61. The fourth-order valence-electron chi connectivity index (χ4n) is 2.59. The molecule has 3 aromatic rings. The highest BCUT2D eigenvalue weighted by Gasteiger charge is 2.20. The minimum Gasteiger partial charge on any atom is -0.493 e. The van der Waals surface area contributed by atoms with Crippen LogP contribution in [-0.4, -0.2) is 36.5 Å². The van der Waals surface area contributed by atoms with E-state index >= 15 is 0 Å². The molecule has 1 aromatic carbocycles. The van der Waals surface area contributed by atoms with Gasteiger partial charge in [-0.3, -0.25) is 0 Å². The monoisotopic (exact) mass is 376 g/mol. The van der Waals surface area contributed by atoms with Crippen LogP contribution in [0.3, 0.4) is 0 Å². The van der Waals surface area contributed by atoms with E-state index in [9.17, 15) is 0 Å². The summed E-state index contributed by atoms with van der Waals surface area (Å²) >= 11 is 1.34. The molecule has 2 heterocycles. The Labute approximate surface area is 154 Å². The molecule has 0 radical (unpaired) electrons. The van der Waals surface area contributed by atoms with Gasteiger partial charge in [0, 0.05) is 5.56 Å². The average Bonchev–Trinajstić information content (AvgIpc) is 3.27. The average molecular weight is 376 g/mol. The van der Waals surface area contributed by atoms with Crippen LogP contribution < -0.4 is 19.9 Å². The van der Waals surface area contributed by atoms with Gasteiger partial charge in [-0.2, -0.15) is 4.98 Å². The van der Waals surface area contributed by atoms with Gasteiger partial charge in [-0.15, -0.1) is 0 Å². The first kappa shape index (κ1) is 18.0. The first-order valence-corrected chi connectivity index (χ1v) is 8.82. The van der Waals surface area contributed by atoms with Crippen LogP contribution >= 0.6 is 11.3 Å². The molecule has 0 aliphatic rings. The Morgan fingerprint density at radius 2 is 1.77 bits per heavy atom. The highest BCUT2D eigenvalue weighted by molar-refractivity contribution is 7.18.